The highest BCUT2D eigenvalue weighted by Crippen LogP contribution is 2.11. The summed E-state index contributed by atoms with van der Waals surface area (Å²) in [6.45, 7) is 9.57. The standard InChI is InChI=1S/C11H23NO3/c1-6-15-11(14)10(12-7(2)3)8(4)9(5)13/h7-10,12-13H,6H2,1-5H3/t8-,9-,10-/m0/s1. The van der Waals surface area contributed by atoms with Crippen LogP contribution in [-0.4, -0.2) is 35.9 Å². The van der Waals surface area contributed by atoms with Crippen molar-refractivity contribution in [3.8, 4) is 0 Å². The Hall–Kier alpha value is -0.610. The first-order valence-corrected chi connectivity index (χ1v) is 5.50. The molecule has 0 aliphatic carbocycles. The van der Waals surface area contributed by atoms with Gasteiger partial charge in [0, 0.05) is 12.0 Å². The summed E-state index contributed by atoms with van der Waals surface area (Å²) in [6.07, 6.45) is -0.536. The molecule has 0 aliphatic heterocycles. The molecule has 0 unspecified atom stereocenters. The second-order valence-corrected chi connectivity index (χ2v) is 4.15. The summed E-state index contributed by atoms with van der Waals surface area (Å²) in [7, 11) is 0. The summed E-state index contributed by atoms with van der Waals surface area (Å²) in [5, 5.41) is 12.6. The number of aliphatic hydroxyl groups excluding tert-OH is 1. The molecular weight excluding hydrogens is 194 g/mol. The molecule has 0 aromatic rings. The predicted molar refractivity (Wildman–Crippen MR) is 59.5 cm³/mol. The van der Waals surface area contributed by atoms with Crippen molar-refractivity contribution in [2.75, 3.05) is 6.61 Å². The fraction of sp³-hybridized carbons (Fsp3) is 0.909. The maximum Gasteiger partial charge on any atom is 0.323 e. The molecule has 15 heavy (non-hydrogen) atoms. The number of carbonyl (C=O) groups is 1. The molecule has 0 rings (SSSR count). The highest BCUT2D eigenvalue weighted by atomic mass is 16.5. The Bertz CT molecular complexity index is 192. The Balaban J connectivity index is 4.49. The van der Waals surface area contributed by atoms with Crippen LogP contribution in [-0.2, 0) is 9.53 Å². The molecule has 0 aromatic carbocycles. The van der Waals surface area contributed by atoms with Gasteiger partial charge >= 0.3 is 5.97 Å². The number of hydrogen-bond donors (Lipinski definition) is 2. The fourth-order valence-electron chi connectivity index (χ4n) is 1.30. The molecule has 0 saturated carbocycles. The van der Waals surface area contributed by atoms with E-state index in [-0.39, 0.29) is 17.9 Å². The zero-order valence-electron chi connectivity index (χ0n) is 10.3. The third kappa shape index (κ3) is 5.14. The normalized spacial score (nSPS) is 17.3. The van der Waals surface area contributed by atoms with Crippen LogP contribution in [0.1, 0.15) is 34.6 Å². The molecule has 0 amide bonds. The van der Waals surface area contributed by atoms with Crippen molar-refractivity contribution in [2.24, 2.45) is 5.92 Å². The Morgan fingerprint density at radius 2 is 1.87 bits per heavy atom. The number of rotatable bonds is 6. The molecule has 0 radical (unpaired) electrons. The molecule has 0 bridgehead atoms. The van der Waals surface area contributed by atoms with Crippen LogP contribution in [0.4, 0.5) is 0 Å². The van der Waals surface area contributed by atoms with Crippen molar-refractivity contribution in [1.82, 2.24) is 5.32 Å². The van der Waals surface area contributed by atoms with Crippen LogP contribution in [0.3, 0.4) is 0 Å². The van der Waals surface area contributed by atoms with Crippen molar-refractivity contribution >= 4 is 5.97 Å². The van der Waals surface area contributed by atoms with Crippen LogP contribution in [0, 0.1) is 5.92 Å². The van der Waals surface area contributed by atoms with Crippen LogP contribution in [0.2, 0.25) is 0 Å². The summed E-state index contributed by atoms with van der Waals surface area (Å²) in [5.74, 6) is -0.453. The zero-order valence-corrected chi connectivity index (χ0v) is 10.3. The predicted octanol–water partition coefficient (Wildman–Crippen LogP) is 0.933. The van der Waals surface area contributed by atoms with Gasteiger partial charge in [-0.1, -0.05) is 20.8 Å². The molecule has 4 nitrogen and oxygen atoms in total. The van der Waals surface area contributed by atoms with Gasteiger partial charge in [0.05, 0.1) is 12.7 Å². The molecule has 0 heterocycles. The van der Waals surface area contributed by atoms with Gasteiger partial charge in [-0.05, 0) is 13.8 Å². The smallest absolute Gasteiger partial charge is 0.323 e. The highest BCUT2D eigenvalue weighted by Gasteiger charge is 2.29. The minimum absolute atomic E-state index is 0.161. The van der Waals surface area contributed by atoms with Crippen LogP contribution < -0.4 is 5.32 Å². The summed E-state index contributed by atoms with van der Waals surface area (Å²) in [4.78, 5) is 11.6. The lowest BCUT2D eigenvalue weighted by molar-refractivity contribution is -0.148. The van der Waals surface area contributed by atoms with Gasteiger partial charge < -0.3 is 15.2 Å². The van der Waals surface area contributed by atoms with Crippen molar-refractivity contribution < 1.29 is 14.6 Å². The summed E-state index contributed by atoms with van der Waals surface area (Å²) >= 11 is 0. The van der Waals surface area contributed by atoms with Crippen LogP contribution in [0.15, 0.2) is 0 Å². The average molecular weight is 217 g/mol. The largest absolute Gasteiger partial charge is 0.465 e. The molecule has 90 valence electrons. The fourth-order valence-corrected chi connectivity index (χ4v) is 1.30. The SMILES string of the molecule is CCOC(=O)[C@@H](NC(C)C)[C@@H](C)[C@H](C)O. The monoisotopic (exact) mass is 217 g/mol. The van der Waals surface area contributed by atoms with E-state index in [9.17, 15) is 9.90 Å². The lowest BCUT2D eigenvalue weighted by Crippen LogP contribution is -2.49. The first-order chi connectivity index (χ1) is 6.90. The number of aliphatic hydroxyl groups is 1. The second kappa shape index (κ2) is 6.80. The van der Waals surface area contributed by atoms with E-state index in [0.717, 1.165) is 0 Å². The number of hydrogen-bond acceptors (Lipinski definition) is 4. The van der Waals surface area contributed by atoms with Crippen molar-refractivity contribution in [1.29, 1.82) is 0 Å². The highest BCUT2D eigenvalue weighted by molar-refractivity contribution is 5.76. The second-order valence-electron chi connectivity index (χ2n) is 4.15. The van der Waals surface area contributed by atoms with Crippen LogP contribution in [0.25, 0.3) is 0 Å². The van der Waals surface area contributed by atoms with Gasteiger partial charge in [0.15, 0.2) is 0 Å². The Morgan fingerprint density at radius 3 is 2.20 bits per heavy atom. The molecule has 4 heteroatoms. The maximum atomic E-state index is 11.6. The number of carbonyl (C=O) groups excluding carboxylic acids is 1. The van der Waals surface area contributed by atoms with E-state index in [1.54, 1.807) is 13.8 Å². The summed E-state index contributed by atoms with van der Waals surface area (Å²) in [5.41, 5.74) is 0. The van der Waals surface area contributed by atoms with E-state index in [1.165, 1.54) is 0 Å². The molecule has 0 spiro atoms. The molecule has 2 N–H and O–H groups in total. The Kier molecular flexibility index (Phi) is 6.52. The molecule has 0 saturated heterocycles. The van der Waals surface area contributed by atoms with Gasteiger partial charge in [0.2, 0.25) is 0 Å². The minimum Gasteiger partial charge on any atom is -0.465 e. The Labute approximate surface area is 92.0 Å². The van der Waals surface area contributed by atoms with E-state index < -0.39 is 12.1 Å². The van der Waals surface area contributed by atoms with E-state index in [0.29, 0.717) is 6.61 Å². The van der Waals surface area contributed by atoms with Gasteiger partial charge in [-0.25, -0.2) is 0 Å². The average Bonchev–Trinajstić information content (AvgIpc) is 2.13. The zero-order chi connectivity index (χ0) is 12.0. The van der Waals surface area contributed by atoms with Crippen LogP contribution in [0.5, 0.6) is 0 Å². The molecular formula is C11H23NO3. The third-order valence-electron chi connectivity index (χ3n) is 2.34. The lowest BCUT2D eigenvalue weighted by atomic mass is 9.96. The topological polar surface area (TPSA) is 58.6 Å². The first kappa shape index (κ1) is 14.4. The number of nitrogens with one attached hydrogen (secondary N) is 1. The van der Waals surface area contributed by atoms with Gasteiger partial charge in [0.1, 0.15) is 6.04 Å². The summed E-state index contributed by atoms with van der Waals surface area (Å²) in [6, 6.07) is -0.259. The Morgan fingerprint density at radius 1 is 1.33 bits per heavy atom. The number of ether oxygens (including phenoxy) is 1. The molecule has 3 atom stereocenters. The van der Waals surface area contributed by atoms with Gasteiger partial charge in [-0.2, -0.15) is 0 Å². The molecule has 0 aromatic heterocycles. The molecule has 0 aliphatic rings. The van der Waals surface area contributed by atoms with Crippen molar-refractivity contribution in [2.45, 2.75) is 52.8 Å². The van der Waals surface area contributed by atoms with E-state index in [1.807, 2.05) is 20.8 Å². The van der Waals surface area contributed by atoms with Gasteiger partial charge in [-0.3, -0.25) is 4.79 Å². The number of esters is 1. The summed E-state index contributed by atoms with van der Waals surface area (Å²) < 4.78 is 4.96. The van der Waals surface area contributed by atoms with E-state index >= 15 is 0 Å². The van der Waals surface area contributed by atoms with Crippen molar-refractivity contribution in [3.05, 3.63) is 0 Å². The maximum absolute atomic E-state index is 11.6. The minimum atomic E-state index is -0.536. The third-order valence-corrected chi connectivity index (χ3v) is 2.34. The van der Waals surface area contributed by atoms with E-state index in [4.69, 9.17) is 4.74 Å². The van der Waals surface area contributed by atoms with Gasteiger partial charge in [-0.15, -0.1) is 0 Å². The van der Waals surface area contributed by atoms with Crippen molar-refractivity contribution in [3.63, 3.8) is 0 Å². The van der Waals surface area contributed by atoms with E-state index in [2.05, 4.69) is 5.32 Å². The lowest BCUT2D eigenvalue weighted by Gasteiger charge is -2.27. The first-order valence-electron chi connectivity index (χ1n) is 5.50. The van der Waals surface area contributed by atoms with Crippen LogP contribution >= 0.6 is 0 Å². The molecule has 0 fully saturated rings. The quantitative estimate of drug-likeness (QED) is 0.650. The van der Waals surface area contributed by atoms with Gasteiger partial charge in [0.25, 0.3) is 0 Å².